The Morgan fingerprint density at radius 2 is 1.73 bits per heavy atom. The van der Waals surface area contributed by atoms with Gasteiger partial charge in [0, 0.05) is 34.8 Å². The molecule has 132 valence electrons. The fraction of sp³-hybridized carbons (Fsp3) is 0.100. The van der Waals surface area contributed by atoms with E-state index in [9.17, 15) is 0 Å². The number of nitrogens with one attached hydrogen (secondary N) is 1. The molecule has 3 rings (SSSR count). The first-order chi connectivity index (χ1) is 12.5. The van der Waals surface area contributed by atoms with Crippen LogP contribution in [0.5, 0.6) is 5.75 Å². The molecule has 0 aliphatic rings. The van der Waals surface area contributed by atoms with E-state index in [-0.39, 0.29) is 6.10 Å². The monoisotopic (exact) mass is 385 g/mol. The molecule has 26 heavy (non-hydrogen) atoms. The number of hydrogen-bond acceptors (Lipinski definition) is 4. The lowest BCUT2D eigenvalue weighted by atomic mass is 10.0. The SMILES string of the molecule is CC(Oc1ccc(N)c(C(=N)c2ccccc2)c1)c1c(Cl)cncc1Cl. The van der Waals surface area contributed by atoms with Crippen LogP contribution in [0.25, 0.3) is 0 Å². The third-order valence-electron chi connectivity index (χ3n) is 3.97. The van der Waals surface area contributed by atoms with E-state index in [0.29, 0.717) is 38.3 Å². The van der Waals surface area contributed by atoms with Gasteiger partial charge in [0.05, 0.1) is 15.8 Å². The van der Waals surface area contributed by atoms with Gasteiger partial charge in [-0.25, -0.2) is 0 Å². The van der Waals surface area contributed by atoms with Gasteiger partial charge in [-0.15, -0.1) is 0 Å². The second-order valence-electron chi connectivity index (χ2n) is 5.77. The van der Waals surface area contributed by atoms with Gasteiger partial charge in [0.1, 0.15) is 11.9 Å². The minimum atomic E-state index is -0.389. The van der Waals surface area contributed by atoms with E-state index in [1.54, 1.807) is 18.2 Å². The van der Waals surface area contributed by atoms with Crippen LogP contribution in [0.3, 0.4) is 0 Å². The summed E-state index contributed by atoms with van der Waals surface area (Å²) < 4.78 is 5.99. The van der Waals surface area contributed by atoms with Crippen molar-refractivity contribution in [1.82, 2.24) is 4.98 Å². The molecule has 0 saturated carbocycles. The van der Waals surface area contributed by atoms with Crippen molar-refractivity contribution in [1.29, 1.82) is 5.41 Å². The van der Waals surface area contributed by atoms with Crippen LogP contribution in [-0.2, 0) is 0 Å². The lowest BCUT2D eigenvalue weighted by Gasteiger charge is -2.18. The number of nitrogen functional groups attached to an aromatic ring is 1. The first-order valence-corrected chi connectivity index (χ1v) is 8.72. The van der Waals surface area contributed by atoms with E-state index in [4.69, 9.17) is 39.1 Å². The number of pyridine rings is 1. The third-order valence-corrected chi connectivity index (χ3v) is 4.57. The summed E-state index contributed by atoms with van der Waals surface area (Å²) >= 11 is 12.4. The van der Waals surface area contributed by atoms with Crippen molar-refractivity contribution in [2.24, 2.45) is 0 Å². The molecule has 0 saturated heterocycles. The Kier molecular flexibility index (Phi) is 5.45. The first kappa shape index (κ1) is 18.2. The van der Waals surface area contributed by atoms with Crippen molar-refractivity contribution in [3.8, 4) is 5.75 Å². The molecule has 1 heterocycles. The summed E-state index contributed by atoms with van der Waals surface area (Å²) in [5.74, 6) is 0.575. The van der Waals surface area contributed by atoms with Gasteiger partial charge in [0.2, 0.25) is 0 Å². The molecule has 0 aliphatic heterocycles. The van der Waals surface area contributed by atoms with Crippen LogP contribution in [0, 0.1) is 5.41 Å². The van der Waals surface area contributed by atoms with Gasteiger partial charge in [0.25, 0.3) is 0 Å². The number of halogens is 2. The number of nitrogens with zero attached hydrogens (tertiary/aromatic N) is 1. The van der Waals surface area contributed by atoms with Crippen molar-refractivity contribution < 1.29 is 4.74 Å². The fourth-order valence-electron chi connectivity index (χ4n) is 2.66. The van der Waals surface area contributed by atoms with Gasteiger partial charge in [-0.3, -0.25) is 10.4 Å². The quantitative estimate of drug-likeness (QED) is 0.448. The molecule has 6 heteroatoms. The maximum Gasteiger partial charge on any atom is 0.124 e. The van der Waals surface area contributed by atoms with Crippen molar-refractivity contribution in [2.75, 3.05) is 5.73 Å². The van der Waals surface area contributed by atoms with E-state index in [1.807, 2.05) is 37.3 Å². The maximum absolute atomic E-state index is 8.44. The molecule has 0 spiro atoms. The normalized spacial score (nSPS) is 11.8. The molecule has 2 aromatic carbocycles. The van der Waals surface area contributed by atoms with Crippen LogP contribution in [-0.4, -0.2) is 10.7 Å². The maximum atomic E-state index is 8.44. The van der Waals surface area contributed by atoms with E-state index < -0.39 is 0 Å². The molecule has 3 N–H and O–H groups in total. The topological polar surface area (TPSA) is 72.0 Å². The summed E-state index contributed by atoms with van der Waals surface area (Å²) in [5, 5.41) is 9.32. The predicted octanol–water partition coefficient (Wildman–Crippen LogP) is 5.53. The van der Waals surface area contributed by atoms with E-state index >= 15 is 0 Å². The molecule has 4 nitrogen and oxygen atoms in total. The predicted molar refractivity (Wildman–Crippen MR) is 107 cm³/mol. The Bertz CT molecular complexity index is 925. The minimum absolute atomic E-state index is 0.334. The van der Waals surface area contributed by atoms with Crippen LogP contribution in [0.2, 0.25) is 10.0 Å². The Morgan fingerprint density at radius 3 is 2.38 bits per heavy atom. The van der Waals surface area contributed by atoms with Crippen molar-refractivity contribution >= 4 is 34.6 Å². The summed E-state index contributed by atoms with van der Waals surface area (Å²) in [6, 6.07) is 14.7. The Hall–Kier alpha value is -2.56. The van der Waals surface area contributed by atoms with Crippen molar-refractivity contribution in [2.45, 2.75) is 13.0 Å². The zero-order chi connectivity index (χ0) is 18.7. The summed E-state index contributed by atoms with van der Waals surface area (Å²) in [6.45, 7) is 1.85. The van der Waals surface area contributed by atoms with Crippen molar-refractivity contribution in [3.05, 3.63) is 87.7 Å². The summed E-state index contributed by atoms with van der Waals surface area (Å²) in [6.07, 6.45) is 2.67. The van der Waals surface area contributed by atoms with Crippen molar-refractivity contribution in [3.63, 3.8) is 0 Å². The number of ether oxygens (including phenoxy) is 1. The number of hydrogen-bond donors (Lipinski definition) is 2. The summed E-state index contributed by atoms with van der Waals surface area (Å²) in [4.78, 5) is 3.95. The summed E-state index contributed by atoms with van der Waals surface area (Å²) in [5.41, 5.74) is 8.97. The van der Waals surface area contributed by atoms with Crippen LogP contribution >= 0.6 is 23.2 Å². The van der Waals surface area contributed by atoms with Gasteiger partial charge in [-0.1, -0.05) is 53.5 Å². The molecule has 0 amide bonds. The third kappa shape index (κ3) is 3.82. The van der Waals surface area contributed by atoms with Gasteiger partial charge in [0.15, 0.2) is 0 Å². The van der Waals surface area contributed by atoms with E-state index in [1.165, 1.54) is 12.4 Å². The Labute approximate surface area is 162 Å². The molecule has 0 bridgehead atoms. The molecule has 1 unspecified atom stereocenters. The lowest BCUT2D eigenvalue weighted by Crippen LogP contribution is -2.08. The highest BCUT2D eigenvalue weighted by Crippen LogP contribution is 2.33. The average Bonchev–Trinajstić information content (AvgIpc) is 2.63. The molecule has 0 aliphatic carbocycles. The molecule has 0 fully saturated rings. The first-order valence-electron chi connectivity index (χ1n) is 7.96. The number of benzene rings is 2. The second-order valence-corrected chi connectivity index (χ2v) is 6.58. The number of rotatable bonds is 5. The van der Waals surface area contributed by atoms with Gasteiger partial charge in [-0.05, 0) is 25.1 Å². The van der Waals surface area contributed by atoms with Gasteiger partial charge in [-0.2, -0.15) is 0 Å². The second kappa shape index (κ2) is 7.77. The summed E-state index contributed by atoms with van der Waals surface area (Å²) in [7, 11) is 0. The van der Waals surface area contributed by atoms with Gasteiger partial charge < -0.3 is 10.5 Å². The zero-order valence-electron chi connectivity index (χ0n) is 14.0. The highest BCUT2D eigenvalue weighted by Gasteiger charge is 2.17. The van der Waals surface area contributed by atoms with Crippen LogP contribution in [0.15, 0.2) is 60.9 Å². The highest BCUT2D eigenvalue weighted by molar-refractivity contribution is 6.35. The number of anilines is 1. The minimum Gasteiger partial charge on any atom is -0.486 e. The number of aromatic nitrogens is 1. The van der Waals surface area contributed by atoms with Crippen LogP contribution in [0.4, 0.5) is 5.69 Å². The fourth-order valence-corrected chi connectivity index (χ4v) is 3.33. The molecular weight excluding hydrogens is 369 g/mol. The van der Waals surface area contributed by atoms with Crippen LogP contribution < -0.4 is 10.5 Å². The smallest absolute Gasteiger partial charge is 0.124 e. The highest BCUT2D eigenvalue weighted by atomic mass is 35.5. The average molecular weight is 386 g/mol. The molecule has 0 radical (unpaired) electrons. The van der Waals surface area contributed by atoms with Gasteiger partial charge >= 0.3 is 0 Å². The Morgan fingerprint density at radius 1 is 1.08 bits per heavy atom. The molecule has 1 atom stereocenters. The molecular formula is C20H17Cl2N3O. The lowest BCUT2D eigenvalue weighted by molar-refractivity contribution is 0.227. The Balaban J connectivity index is 1.89. The number of nitrogens with two attached hydrogens (primary N) is 1. The molecule has 3 aromatic rings. The van der Waals surface area contributed by atoms with Crippen LogP contribution in [0.1, 0.15) is 29.7 Å². The zero-order valence-corrected chi connectivity index (χ0v) is 15.6. The van der Waals surface area contributed by atoms with E-state index in [0.717, 1.165) is 5.56 Å². The molecule has 1 aromatic heterocycles. The van der Waals surface area contributed by atoms with E-state index in [2.05, 4.69) is 4.98 Å². The standard InChI is InChI=1S/C20H17Cl2N3O/c1-12(19-16(21)10-25-11-17(19)22)26-14-7-8-18(23)15(9-14)20(24)13-5-3-2-4-6-13/h2-12,24H,23H2,1H3. The largest absolute Gasteiger partial charge is 0.486 e.